The van der Waals surface area contributed by atoms with Gasteiger partial charge in [-0.15, -0.1) is 0 Å². The first-order chi connectivity index (χ1) is 8.94. The van der Waals surface area contributed by atoms with Gasteiger partial charge >= 0.3 is 0 Å². The van der Waals surface area contributed by atoms with E-state index in [2.05, 4.69) is 23.9 Å². The Balaban J connectivity index is 3.98. The molecule has 0 aliphatic carbocycles. The Hall–Kier alpha value is -0.130. The highest BCUT2D eigenvalue weighted by atomic mass is 32.2. The number of unbranched alkanes of at least 4 members (excludes halogenated alkanes) is 3. The van der Waals surface area contributed by atoms with Crippen LogP contribution in [-0.2, 0) is 10.0 Å². The molecular formula is C14H32N2O2S. The lowest BCUT2D eigenvalue weighted by Crippen LogP contribution is -2.42. The second-order valence-corrected chi connectivity index (χ2v) is 7.56. The molecule has 4 nitrogen and oxygen atoms in total. The van der Waals surface area contributed by atoms with E-state index in [9.17, 15) is 8.42 Å². The molecule has 5 heteroatoms. The molecule has 0 spiro atoms. The average Bonchev–Trinajstić information content (AvgIpc) is 2.34. The minimum absolute atomic E-state index is 0.0375. The molecule has 0 radical (unpaired) electrons. The van der Waals surface area contributed by atoms with Gasteiger partial charge in [0.15, 0.2) is 0 Å². The topological polar surface area (TPSA) is 58.2 Å². The second kappa shape index (κ2) is 10.6. The van der Waals surface area contributed by atoms with Crippen molar-refractivity contribution in [3.63, 3.8) is 0 Å². The van der Waals surface area contributed by atoms with Gasteiger partial charge in [-0.1, -0.05) is 39.5 Å². The summed E-state index contributed by atoms with van der Waals surface area (Å²) in [6.45, 7) is 9.35. The van der Waals surface area contributed by atoms with E-state index in [0.717, 1.165) is 25.8 Å². The van der Waals surface area contributed by atoms with E-state index >= 15 is 0 Å². The Morgan fingerprint density at radius 2 is 1.68 bits per heavy atom. The number of rotatable bonds is 12. The Labute approximate surface area is 119 Å². The van der Waals surface area contributed by atoms with Gasteiger partial charge in [-0.25, -0.2) is 13.1 Å². The van der Waals surface area contributed by atoms with Crippen molar-refractivity contribution in [3.8, 4) is 0 Å². The molecule has 19 heavy (non-hydrogen) atoms. The van der Waals surface area contributed by atoms with Crippen molar-refractivity contribution in [1.29, 1.82) is 0 Å². The van der Waals surface area contributed by atoms with Gasteiger partial charge in [-0.3, -0.25) is 0 Å². The third-order valence-corrected chi connectivity index (χ3v) is 5.20. The summed E-state index contributed by atoms with van der Waals surface area (Å²) in [6, 6.07) is 0.0375. The highest BCUT2D eigenvalue weighted by Gasteiger charge is 2.21. The van der Waals surface area contributed by atoms with E-state index in [1.165, 1.54) is 19.3 Å². The molecule has 0 amide bonds. The lowest BCUT2D eigenvalue weighted by atomic mass is 10.1. The van der Waals surface area contributed by atoms with Crippen LogP contribution in [0.5, 0.6) is 0 Å². The summed E-state index contributed by atoms with van der Waals surface area (Å²) in [5.74, 6) is 0. The van der Waals surface area contributed by atoms with Gasteiger partial charge in [0.1, 0.15) is 0 Å². The minimum Gasteiger partial charge on any atom is -0.315 e. The largest absolute Gasteiger partial charge is 0.315 e. The van der Waals surface area contributed by atoms with Crippen LogP contribution in [-0.4, -0.2) is 32.8 Å². The average molecular weight is 292 g/mol. The SMILES string of the molecule is CCCCCCC(C)NS(=O)(=O)C(C)CNCCC. The normalized spacial score (nSPS) is 15.4. The Morgan fingerprint density at radius 1 is 1.00 bits per heavy atom. The summed E-state index contributed by atoms with van der Waals surface area (Å²) in [4.78, 5) is 0. The number of nitrogens with one attached hydrogen (secondary N) is 2. The maximum atomic E-state index is 12.1. The molecule has 0 aromatic rings. The van der Waals surface area contributed by atoms with Crippen LogP contribution in [0, 0.1) is 0 Å². The van der Waals surface area contributed by atoms with Crippen molar-refractivity contribution in [2.75, 3.05) is 13.1 Å². The summed E-state index contributed by atoms with van der Waals surface area (Å²) < 4.78 is 26.9. The van der Waals surface area contributed by atoms with E-state index in [1.807, 2.05) is 6.92 Å². The fraction of sp³-hybridized carbons (Fsp3) is 1.00. The molecule has 0 heterocycles. The molecule has 0 saturated heterocycles. The first-order valence-electron chi connectivity index (χ1n) is 7.65. The predicted molar refractivity (Wildman–Crippen MR) is 82.9 cm³/mol. The fourth-order valence-corrected chi connectivity index (χ4v) is 3.17. The zero-order valence-electron chi connectivity index (χ0n) is 13.0. The third-order valence-electron chi connectivity index (χ3n) is 3.24. The summed E-state index contributed by atoms with van der Waals surface area (Å²) >= 11 is 0. The van der Waals surface area contributed by atoms with Crippen LogP contribution < -0.4 is 10.0 Å². The fourth-order valence-electron chi connectivity index (χ4n) is 1.92. The lowest BCUT2D eigenvalue weighted by molar-refractivity contribution is 0.511. The summed E-state index contributed by atoms with van der Waals surface area (Å²) in [7, 11) is -3.20. The lowest BCUT2D eigenvalue weighted by Gasteiger charge is -2.19. The summed E-state index contributed by atoms with van der Waals surface area (Å²) in [6.07, 6.45) is 6.68. The number of sulfonamides is 1. The van der Waals surface area contributed by atoms with Crippen LogP contribution in [0.2, 0.25) is 0 Å². The van der Waals surface area contributed by atoms with Crippen molar-refractivity contribution in [2.24, 2.45) is 0 Å². The summed E-state index contributed by atoms with van der Waals surface area (Å²) in [5, 5.41) is 2.78. The molecule has 2 N–H and O–H groups in total. The van der Waals surface area contributed by atoms with Gasteiger partial charge in [0, 0.05) is 12.6 Å². The Kier molecular flexibility index (Phi) is 10.6. The first-order valence-corrected chi connectivity index (χ1v) is 9.20. The molecule has 0 saturated carbocycles. The minimum atomic E-state index is -3.20. The van der Waals surface area contributed by atoms with Crippen molar-refractivity contribution in [2.45, 2.75) is 77.5 Å². The van der Waals surface area contributed by atoms with Gasteiger partial charge in [-0.05, 0) is 33.2 Å². The molecule has 0 fully saturated rings. The summed E-state index contributed by atoms with van der Waals surface area (Å²) in [5.41, 5.74) is 0. The van der Waals surface area contributed by atoms with Crippen LogP contribution in [0.15, 0.2) is 0 Å². The van der Waals surface area contributed by atoms with Crippen LogP contribution in [0.1, 0.15) is 66.2 Å². The monoisotopic (exact) mass is 292 g/mol. The van der Waals surface area contributed by atoms with Crippen molar-refractivity contribution < 1.29 is 8.42 Å². The van der Waals surface area contributed by atoms with Crippen molar-refractivity contribution in [3.05, 3.63) is 0 Å². The Morgan fingerprint density at radius 3 is 2.26 bits per heavy atom. The molecule has 0 aromatic heterocycles. The molecule has 0 rings (SSSR count). The molecule has 0 aliphatic rings. The predicted octanol–water partition coefficient (Wildman–Crippen LogP) is 2.65. The van der Waals surface area contributed by atoms with Crippen LogP contribution in [0.4, 0.5) is 0 Å². The van der Waals surface area contributed by atoms with Gasteiger partial charge in [0.2, 0.25) is 10.0 Å². The van der Waals surface area contributed by atoms with Crippen LogP contribution >= 0.6 is 0 Å². The standard InChI is InChI=1S/C14H32N2O2S/c1-5-7-8-9-10-13(3)16-19(17,18)14(4)12-15-11-6-2/h13-16H,5-12H2,1-4H3. The van der Waals surface area contributed by atoms with E-state index in [-0.39, 0.29) is 11.3 Å². The van der Waals surface area contributed by atoms with Gasteiger partial charge in [-0.2, -0.15) is 0 Å². The first kappa shape index (κ1) is 18.9. The van der Waals surface area contributed by atoms with E-state index in [0.29, 0.717) is 6.54 Å². The van der Waals surface area contributed by atoms with Crippen molar-refractivity contribution in [1.82, 2.24) is 10.0 Å². The molecule has 116 valence electrons. The van der Waals surface area contributed by atoms with Crippen molar-refractivity contribution >= 4 is 10.0 Å². The molecular weight excluding hydrogens is 260 g/mol. The molecule has 0 aliphatic heterocycles. The van der Waals surface area contributed by atoms with Gasteiger partial charge in [0.25, 0.3) is 0 Å². The van der Waals surface area contributed by atoms with Crippen LogP contribution in [0.25, 0.3) is 0 Å². The van der Waals surface area contributed by atoms with E-state index in [4.69, 9.17) is 0 Å². The maximum Gasteiger partial charge on any atom is 0.215 e. The molecule has 0 aromatic carbocycles. The smallest absolute Gasteiger partial charge is 0.215 e. The van der Waals surface area contributed by atoms with Gasteiger partial charge < -0.3 is 5.32 Å². The van der Waals surface area contributed by atoms with Crippen LogP contribution in [0.3, 0.4) is 0 Å². The zero-order chi connectivity index (χ0) is 14.7. The molecule has 2 unspecified atom stereocenters. The highest BCUT2D eigenvalue weighted by Crippen LogP contribution is 2.07. The second-order valence-electron chi connectivity index (χ2n) is 5.43. The quantitative estimate of drug-likeness (QED) is 0.544. The molecule has 0 bridgehead atoms. The zero-order valence-corrected chi connectivity index (χ0v) is 13.9. The third kappa shape index (κ3) is 9.41. The highest BCUT2D eigenvalue weighted by molar-refractivity contribution is 7.90. The maximum absolute atomic E-state index is 12.1. The van der Waals surface area contributed by atoms with E-state index < -0.39 is 10.0 Å². The van der Waals surface area contributed by atoms with E-state index in [1.54, 1.807) is 6.92 Å². The Bertz CT molecular complexity index is 305. The number of hydrogen-bond acceptors (Lipinski definition) is 3. The van der Waals surface area contributed by atoms with Gasteiger partial charge in [0.05, 0.1) is 5.25 Å². The molecule has 2 atom stereocenters. The number of hydrogen-bond donors (Lipinski definition) is 2.